The molecule has 0 saturated carbocycles. The second-order valence-corrected chi connectivity index (χ2v) is 5.56. The summed E-state index contributed by atoms with van der Waals surface area (Å²) < 4.78 is 11.6. The van der Waals surface area contributed by atoms with Crippen molar-refractivity contribution in [2.75, 3.05) is 13.2 Å². The largest absolute Gasteiger partial charge is 0.493 e. The Morgan fingerprint density at radius 2 is 2.10 bits per heavy atom. The van der Waals surface area contributed by atoms with Crippen LogP contribution in [0.25, 0.3) is 0 Å². The van der Waals surface area contributed by atoms with Crippen LogP contribution in [0.3, 0.4) is 0 Å². The molecule has 110 valence electrons. The monoisotopic (exact) mass is 284 g/mol. The van der Waals surface area contributed by atoms with E-state index in [1.54, 1.807) is 6.92 Å². The summed E-state index contributed by atoms with van der Waals surface area (Å²) in [6, 6.07) is 13.9. The molecule has 3 heteroatoms. The summed E-state index contributed by atoms with van der Waals surface area (Å²) in [5.41, 5.74) is 3.17. The van der Waals surface area contributed by atoms with Crippen molar-refractivity contribution in [1.82, 2.24) is 0 Å². The van der Waals surface area contributed by atoms with Gasteiger partial charge in [0.2, 0.25) is 0 Å². The summed E-state index contributed by atoms with van der Waals surface area (Å²) in [6.45, 7) is 5.04. The topological polar surface area (TPSA) is 38.7 Å². The normalized spacial score (nSPS) is 18.0. The van der Waals surface area contributed by atoms with E-state index in [0.29, 0.717) is 13.2 Å². The molecule has 0 bridgehead atoms. The Morgan fingerprint density at radius 3 is 2.86 bits per heavy atom. The summed E-state index contributed by atoms with van der Waals surface area (Å²) in [6.07, 6.45) is -0.451. The minimum absolute atomic E-state index is 0.275. The molecular weight excluding hydrogens is 264 g/mol. The number of hydrogen-bond acceptors (Lipinski definition) is 3. The first-order chi connectivity index (χ1) is 10.1. The van der Waals surface area contributed by atoms with Gasteiger partial charge in [0.15, 0.2) is 0 Å². The van der Waals surface area contributed by atoms with Crippen LogP contribution in [0, 0.1) is 6.92 Å². The molecule has 0 radical (unpaired) electrons. The zero-order valence-electron chi connectivity index (χ0n) is 12.4. The zero-order chi connectivity index (χ0) is 14.8. The number of para-hydroxylation sites is 1. The number of benzene rings is 2. The number of aryl methyl sites for hydroxylation is 1. The van der Waals surface area contributed by atoms with Crippen LogP contribution in [0.5, 0.6) is 11.5 Å². The highest BCUT2D eigenvalue weighted by Crippen LogP contribution is 2.34. The van der Waals surface area contributed by atoms with Crippen molar-refractivity contribution in [1.29, 1.82) is 0 Å². The molecule has 3 nitrogen and oxygen atoms in total. The van der Waals surface area contributed by atoms with Gasteiger partial charge in [0.1, 0.15) is 11.5 Å². The molecule has 2 aromatic carbocycles. The smallest absolute Gasteiger partial charge is 0.123 e. The van der Waals surface area contributed by atoms with Crippen LogP contribution in [0.1, 0.15) is 35.6 Å². The summed E-state index contributed by atoms with van der Waals surface area (Å²) in [5.74, 6) is 2.10. The SMILES string of the molecule is Cc1cc([C@@H](C)O)ccc1OCC1COc2ccccc21. The highest BCUT2D eigenvalue weighted by Gasteiger charge is 2.24. The van der Waals surface area contributed by atoms with Crippen molar-refractivity contribution in [2.45, 2.75) is 25.9 Å². The molecule has 2 atom stereocenters. The van der Waals surface area contributed by atoms with Crippen molar-refractivity contribution in [2.24, 2.45) is 0 Å². The number of aliphatic hydroxyl groups is 1. The zero-order valence-corrected chi connectivity index (χ0v) is 12.4. The van der Waals surface area contributed by atoms with Crippen molar-refractivity contribution in [3.8, 4) is 11.5 Å². The van der Waals surface area contributed by atoms with Gasteiger partial charge in [-0.1, -0.05) is 24.3 Å². The van der Waals surface area contributed by atoms with Crippen molar-refractivity contribution < 1.29 is 14.6 Å². The Morgan fingerprint density at radius 1 is 1.29 bits per heavy atom. The van der Waals surface area contributed by atoms with E-state index in [2.05, 4.69) is 6.07 Å². The summed E-state index contributed by atoms with van der Waals surface area (Å²) in [7, 11) is 0. The van der Waals surface area contributed by atoms with Gasteiger partial charge in [-0.25, -0.2) is 0 Å². The molecule has 1 aliphatic rings. The molecule has 0 aromatic heterocycles. The second-order valence-electron chi connectivity index (χ2n) is 5.56. The Kier molecular flexibility index (Phi) is 3.84. The molecule has 0 fully saturated rings. The van der Waals surface area contributed by atoms with E-state index in [1.165, 1.54) is 5.56 Å². The number of hydrogen-bond donors (Lipinski definition) is 1. The van der Waals surface area contributed by atoms with Gasteiger partial charge in [-0.2, -0.15) is 0 Å². The third kappa shape index (κ3) is 2.88. The second kappa shape index (κ2) is 5.78. The molecule has 1 heterocycles. The number of aliphatic hydroxyl groups excluding tert-OH is 1. The molecular formula is C18H20O3. The van der Waals surface area contributed by atoms with Crippen LogP contribution in [-0.4, -0.2) is 18.3 Å². The first kappa shape index (κ1) is 14.0. The Bertz CT molecular complexity index is 634. The molecule has 1 N–H and O–H groups in total. The minimum atomic E-state index is -0.451. The fourth-order valence-electron chi connectivity index (χ4n) is 2.65. The van der Waals surface area contributed by atoms with E-state index < -0.39 is 6.10 Å². The van der Waals surface area contributed by atoms with Crippen LogP contribution < -0.4 is 9.47 Å². The van der Waals surface area contributed by atoms with Gasteiger partial charge in [-0.3, -0.25) is 0 Å². The lowest BCUT2D eigenvalue weighted by molar-refractivity contribution is 0.199. The predicted molar refractivity (Wildman–Crippen MR) is 82.0 cm³/mol. The van der Waals surface area contributed by atoms with E-state index in [1.807, 2.05) is 43.3 Å². The molecule has 1 unspecified atom stereocenters. The van der Waals surface area contributed by atoms with Gasteiger partial charge >= 0.3 is 0 Å². The van der Waals surface area contributed by atoms with Gasteiger partial charge in [0.05, 0.1) is 25.2 Å². The first-order valence-electron chi connectivity index (χ1n) is 7.28. The van der Waals surface area contributed by atoms with Crippen LogP contribution >= 0.6 is 0 Å². The molecule has 0 spiro atoms. The minimum Gasteiger partial charge on any atom is -0.493 e. The van der Waals surface area contributed by atoms with Crippen LogP contribution in [0.4, 0.5) is 0 Å². The van der Waals surface area contributed by atoms with Crippen LogP contribution in [0.2, 0.25) is 0 Å². The van der Waals surface area contributed by atoms with Gasteiger partial charge in [-0.05, 0) is 43.2 Å². The molecule has 1 aliphatic heterocycles. The molecule has 0 amide bonds. The fraction of sp³-hybridized carbons (Fsp3) is 0.333. The Labute approximate surface area is 125 Å². The number of rotatable bonds is 4. The molecule has 0 saturated heterocycles. The van der Waals surface area contributed by atoms with Gasteiger partial charge in [0, 0.05) is 5.56 Å². The van der Waals surface area contributed by atoms with Gasteiger partial charge < -0.3 is 14.6 Å². The Balaban J connectivity index is 1.69. The van der Waals surface area contributed by atoms with Crippen LogP contribution in [-0.2, 0) is 0 Å². The highest BCUT2D eigenvalue weighted by molar-refractivity contribution is 5.40. The van der Waals surface area contributed by atoms with E-state index in [4.69, 9.17) is 9.47 Å². The van der Waals surface area contributed by atoms with E-state index in [9.17, 15) is 5.11 Å². The van der Waals surface area contributed by atoms with Crippen LogP contribution in [0.15, 0.2) is 42.5 Å². The number of ether oxygens (including phenoxy) is 2. The molecule has 21 heavy (non-hydrogen) atoms. The number of fused-ring (bicyclic) bond motifs is 1. The lowest BCUT2D eigenvalue weighted by Gasteiger charge is -2.14. The Hall–Kier alpha value is -2.00. The summed E-state index contributed by atoms with van der Waals surface area (Å²) in [4.78, 5) is 0. The van der Waals surface area contributed by atoms with E-state index in [0.717, 1.165) is 22.6 Å². The van der Waals surface area contributed by atoms with E-state index in [-0.39, 0.29) is 5.92 Å². The lowest BCUT2D eigenvalue weighted by Crippen LogP contribution is -2.12. The maximum Gasteiger partial charge on any atom is 0.123 e. The summed E-state index contributed by atoms with van der Waals surface area (Å²) in [5, 5.41) is 9.59. The van der Waals surface area contributed by atoms with Gasteiger partial charge in [0.25, 0.3) is 0 Å². The third-order valence-corrected chi connectivity index (χ3v) is 3.92. The lowest BCUT2D eigenvalue weighted by atomic mass is 10.0. The average Bonchev–Trinajstić information content (AvgIpc) is 2.89. The maximum absolute atomic E-state index is 9.59. The summed E-state index contributed by atoms with van der Waals surface area (Å²) >= 11 is 0. The average molecular weight is 284 g/mol. The first-order valence-corrected chi connectivity index (χ1v) is 7.28. The highest BCUT2D eigenvalue weighted by atomic mass is 16.5. The molecule has 0 aliphatic carbocycles. The van der Waals surface area contributed by atoms with E-state index >= 15 is 0 Å². The fourth-order valence-corrected chi connectivity index (χ4v) is 2.65. The van der Waals surface area contributed by atoms with Crippen molar-refractivity contribution >= 4 is 0 Å². The van der Waals surface area contributed by atoms with Crippen molar-refractivity contribution in [3.05, 3.63) is 59.2 Å². The molecule has 3 rings (SSSR count). The van der Waals surface area contributed by atoms with Gasteiger partial charge in [-0.15, -0.1) is 0 Å². The third-order valence-electron chi connectivity index (χ3n) is 3.92. The predicted octanol–water partition coefficient (Wildman–Crippen LogP) is 3.60. The quantitative estimate of drug-likeness (QED) is 0.932. The standard InChI is InChI=1S/C18H20O3/c1-12-9-14(13(2)19)7-8-17(12)20-10-15-11-21-18-6-4-3-5-16(15)18/h3-9,13,15,19H,10-11H2,1-2H3/t13-,15?/m1/s1. The van der Waals surface area contributed by atoms with Crippen molar-refractivity contribution in [3.63, 3.8) is 0 Å². The maximum atomic E-state index is 9.59. The molecule has 2 aromatic rings.